The molecule has 1 rings (SSSR count). The van der Waals surface area contributed by atoms with Gasteiger partial charge in [0.15, 0.2) is 0 Å². The number of nitrogens with one attached hydrogen (secondary N) is 1. The minimum atomic E-state index is 0.388. The van der Waals surface area contributed by atoms with E-state index in [4.69, 9.17) is 0 Å². The van der Waals surface area contributed by atoms with Crippen LogP contribution in [0.4, 0.5) is 0 Å². The van der Waals surface area contributed by atoms with E-state index in [2.05, 4.69) is 37.8 Å². The number of hydrogen-bond donors (Lipinski definition) is 1. The fourth-order valence-electron chi connectivity index (χ4n) is 2.88. The summed E-state index contributed by atoms with van der Waals surface area (Å²) in [4.78, 5) is 2.43. The van der Waals surface area contributed by atoms with Crippen molar-refractivity contribution in [1.29, 1.82) is 0 Å². The number of likely N-dealkylation sites (N-methyl/N-ethyl adjacent to an activating group) is 1. The van der Waals surface area contributed by atoms with Crippen molar-refractivity contribution >= 4 is 0 Å². The highest BCUT2D eigenvalue weighted by atomic mass is 15.2. The van der Waals surface area contributed by atoms with Gasteiger partial charge in [-0.05, 0) is 45.8 Å². The first-order valence-corrected chi connectivity index (χ1v) is 6.60. The minimum Gasteiger partial charge on any atom is -0.315 e. The lowest BCUT2D eigenvalue weighted by Gasteiger charge is -2.45. The lowest BCUT2D eigenvalue weighted by molar-refractivity contribution is 0.0756. The van der Waals surface area contributed by atoms with Gasteiger partial charge in [0, 0.05) is 12.1 Å². The van der Waals surface area contributed by atoms with Crippen LogP contribution in [0.2, 0.25) is 0 Å². The van der Waals surface area contributed by atoms with E-state index in [9.17, 15) is 0 Å². The Balaban J connectivity index is 2.47. The Morgan fingerprint density at radius 2 is 2.25 bits per heavy atom. The van der Waals surface area contributed by atoms with E-state index in [0.717, 1.165) is 25.4 Å². The maximum absolute atomic E-state index is 3.76. The van der Waals surface area contributed by atoms with Gasteiger partial charge in [0.2, 0.25) is 0 Å². The molecule has 2 nitrogen and oxygen atoms in total. The van der Waals surface area contributed by atoms with Crippen molar-refractivity contribution in [1.82, 2.24) is 10.2 Å². The maximum Gasteiger partial charge on any atom is 0.0330 e. The van der Waals surface area contributed by atoms with Crippen LogP contribution in [0, 0.1) is 5.92 Å². The molecule has 0 radical (unpaired) electrons. The monoisotopic (exact) mass is 224 g/mol. The van der Waals surface area contributed by atoms with Gasteiger partial charge in [0.05, 0.1) is 0 Å². The van der Waals surface area contributed by atoms with Gasteiger partial charge >= 0.3 is 0 Å². The van der Waals surface area contributed by atoms with Crippen LogP contribution < -0.4 is 5.32 Å². The molecule has 16 heavy (non-hydrogen) atoms. The first-order chi connectivity index (χ1) is 7.60. The van der Waals surface area contributed by atoms with Crippen molar-refractivity contribution in [3.05, 3.63) is 12.7 Å². The third-order valence-corrected chi connectivity index (χ3v) is 4.00. The van der Waals surface area contributed by atoms with E-state index in [-0.39, 0.29) is 0 Å². The van der Waals surface area contributed by atoms with Crippen molar-refractivity contribution in [2.45, 2.75) is 44.6 Å². The van der Waals surface area contributed by atoms with Crippen LogP contribution in [0.3, 0.4) is 0 Å². The molecule has 2 atom stereocenters. The molecular formula is C14H28N2. The van der Waals surface area contributed by atoms with E-state index in [1.165, 1.54) is 25.7 Å². The zero-order valence-corrected chi connectivity index (χ0v) is 11.3. The highest BCUT2D eigenvalue weighted by Gasteiger charge is 2.36. The van der Waals surface area contributed by atoms with Gasteiger partial charge in [-0.3, -0.25) is 0 Å². The molecule has 0 aromatic heterocycles. The molecule has 0 aromatic carbocycles. The second kappa shape index (κ2) is 6.41. The lowest BCUT2D eigenvalue weighted by Crippen LogP contribution is -2.54. The van der Waals surface area contributed by atoms with E-state index >= 15 is 0 Å². The molecule has 1 saturated carbocycles. The molecule has 0 saturated heterocycles. The number of nitrogens with zero attached hydrogens (tertiary/aromatic N) is 1. The SMILES string of the molecule is C=CCCNCC1(N(C)C)CCCC(C)C1. The third kappa shape index (κ3) is 3.60. The average Bonchev–Trinajstić information content (AvgIpc) is 2.24. The Labute approximate surface area is 101 Å². The van der Waals surface area contributed by atoms with Gasteiger partial charge in [0.25, 0.3) is 0 Å². The number of hydrogen-bond acceptors (Lipinski definition) is 2. The summed E-state index contributed by atoms with van der Waals surface area (Å²) in [6, 6.07) is 0. The molecule has 2 unspecified atom stereocenters. The summed E-state index contributed by atoms with van der Waals surface area (Å²) in [7, 11) is 4.46. The zero-order valence-electron chi connectivity index (χ0n) is 11.3. The molecule has 0 spiro atoms. The van der Waals surface area contributed by atoms with Crippen molar-refractivity contribution in [3.63, 3.8) is 0 Å². The predicted molar refractivity (Wildman–Crippen MR) is 71.7 cm³/mol. The summed E-state index contributed by atoms with van der Waals surface area (Å²) in [5.41, 5.74) is 0.388. The van der Waals surface area contributed by atoms with Crippen molar-refractivity contribution in [2.24, 2.45) is 5.92 Å². The molecule has 1 fully saturated rings. The normalized spacial score (nSPS) is 30.6. The topological polar surface area (TPSA) is 15.3 Å². The predicted octanol–water partition coefficient (Wildman–Crippen LogP) is 2.66. The van der Waals surface area contributed by atoms with Crippen molar-refractivity contribution < 1.29 is 0 Å². The standard InChI is InChI=1S/C14H28N2/c1-5-6-10-15-12-14(16(3)4)9-7-8-13(2)11-14/h5,13,15H,1,6-12H2,2-4H3. The van der Waals surface area contributed by atoms with Gasteiger partial charge < -0.3 is 10.2 Å². The van der Waals surface area contributed by atoms with E-state index in [1.54, 1.807) is 0 Å². The molecule has 2 heteroatoms. The van der Waals surface area contributed by atoms with Crippen molar-refractivity contribution in [2.75, 3.05) is 27.2 Å². The van der Waals surface area contributed by atoms with E-state index in [1.807, 2.05) is 6.08 Å². The zero-order chi connectivity index (χ0) is 12.0. The van der Waals surface area contributed by atoms with Crippen LogP contribution in [0.15, 0.2) is 12.7 Å². The fraction of sp³-hybridized carbons (Fsp3) is 0.857. The van der Waals surface area contributed by atoms with Crippen LogP contribution >= 0.6 is 0 Å². The molecule has 0 aliphatic heterocycles. The Morgan fingerprint density at radius 3 is 2.81 bits per heavy atom. The van der Waals surface area contributed by atoms with Crippen LogP contribution in [0.5, 0.6) is 0 Å². The first kappa shape index (κ1) is 13.7. The molecule has 94 valence electrons. The molecule has 1 aliphatic carbocycles. The Bertz CT molecular complexity index is 213. The smallest absolute Gasteiger partial charge is 0.0330 e. The Hall–Kier alpha value is -0.340. The summed E-state index contributed by atoms with van der Waals surface area (Å²) >= 11 is 0. The van der Waals surface area contributed by atoms with Gasteiger partial charge in [-0.2, -0.15) is 0 Å². The highest BCUT2D eigenvalue weighted by molar-refractivity contribution is 4.94. The molecule has 0 amide bonds. The molecule has 0 aromatic rings. The highest BCUT2D eigenvalue weighted by Crippen LogP contribution is 2.35. The quantitative estimate of drug-likeness (QED) is 0.551. The van der Waals surface area contributed by atoms with Crippen molar-refractivity contribution in [3.8, 4) is 0 Å². The average molecular weight is 224 g/mol. The Morgan fingerprint density at radius 1 is 1.50 bits per heavy atom. The Kier molecular flexibility index (Phi) is 5.50. The second-order valence-corrected chi connectivity index (χ2v) is 5.57. The van der Waals surface area contributed by atoms with Crippen LogP contribution in [0.25, 0.3) is 0 Å². The summed E-state index contributed by atoms with van der Waals surface area (Å²) in [5.74, 6) is 0.873. The minimum absolute atomic E-state index is 0.388. The summed E-state index contributed by atoms with van der Waals surface area (Å²) in [6.07, 6.45) is 8.51. The van der Waals surface area contributed by atoms with Gasteiger partial charge in [-0.1, -0.05) is 25.8 Å². The summed E-state index contributed by atoms with van der Waals surface area (Å²) in [5, 5.41) is 3.59. The van der Waals surface area contributed by atoms with E-state index < -0.39 is 0 Å². The van der Waals surface area contributed by atoms with Crippen LogP contribution in [0.1, 0.15) is 39.0 Å². The molecule has 0 bridgehead atoms. The van der Waals surface area contributed by atoms with Crippen LogP contribution in [-0.2, 0) is 0 Å². The third-order valence-electron chi connectivity index (χ3n) is 4.00. The molecule has 1 N–H and O–H groups in total. The fourth-order valence-corrected chi connectivity index (χ4v) is 2.88. The van der Waals surface area contributed by atoms with Gasteiger partial charge in [-0.25, -0.2) is 0 Å². The first-order valence-electron chi connectivity index (χ1n) is 6.60. The van der Waals surface area contributed by atoms with E-state index in [0.29, 0.717) is 5.54 Å². The largest absolute Gasteiger partial charge is 0.315 e. The molecule has 0 heterocycles. The maximum atomic E-state index is 3.76. The van der Waals surface area contributed by atoms with Crippen LogP contribution in [-0.4, -0.2) is 37.6 Å². The molecule has 1 aliphatic rings. The van der Waals surface area contributed by atoms with Gasteiger partial charge in [0.1, 0.15) is 0 Å². The summed E-state index contributed by atoms with van der Waals surface area (Å²) in [6.45, 7) is 8.34. The number of rotatable bonds is 6. The summed E-state index contributed by atoms with van der Waals surface area (Å²) < 4.78 is 0. The second-order valence-electron chi connectivity index (χ2n) is 5.57. The van der Waals surface area contributed by atoms with Gasteiger partial charge in [-0.15, -0.1) is 6.58 Å². The lowest BCUT2D eigenvalue weighted by atomic mass is 9.75. The molecular weight excluding hydrogens is 196 g/mol.